The molecule has 3 N–H and O–H groups in total. The number of amides is 1. The lowest BCUT2D eigenvalue weighted by Crippen LogP contribution is -2.12. The maximum Gasteiger partial charge on any atom is 0.335 e. The van der Waals surface area contributed by atoms with Gasteiger partial charge in [-0.25, -0.2) is 4.79 Å². The van der Waals surface area contributed by atoms with Crippen LogP contribution in [0, 0.1) is 0 Å². The summed E-state index contributed by atoms with van der Waals surface area (Å²) in [5, 5.41) is 14.8. The minimum Gasteiger partial charge on any atom is -0.478 e. The summed E-state index contributed by atoms with van der Waals surface area (Å²) in [5.41, 5.74) is 3.56. The van der Waals surface area contributed by atoms with Crippen molar-refractivity contribution >= 4 is 23.3 Å². The van der Waals surface area contributed by atoms with E-state index in [-0.39, 0.29) is 11.5 Å². The van der Waals surface area contributed by atoms with E-state index in [1.807, 2.05) is 12.1 Å². The van der Waals surface area contributed by atoms with Crippen LogP contribution in [-0.2, 0) is 6.42 Å². The molecule has 0 fully saturated rings. The van der Waals surface area contributed by atoms with Crippen molar-refractivity contribution in [2.75, 3.05) is 17.2 Å². The molecule has 5 nitrogen and oxygen atoms in total. The first-order chi connectivity index (χ1) is 10.1. The van der Waals surface area contributed by atoms with Gasteiger partial charge in [0.15, 0.2) is 0 Å². The first kappa shape index (κ1) is 13.2. The molecule has 0 bridgehead atoms. The summed E-state index contributed by atoms with van der Waals surface area (Å²) in [6, 6.07) is 11.7. The van der Waals surface area contributed by atoms with Gasteiger partial charge in [0.2, 0.25) is 0 Å². The highest BCUT2D eigenvalue weighted by Crippen LogP contribution is 2.23. The molecule has 2 aromatic carbocycles. The summed E-state index contributed by atoms with van der Waals surface area (Å²) in [5.74, 6) is -1.20. The van der Waals surface area contributed by atoms with E-state index >= 15 is 0 Å². The second kappa shape index (κ2) is 5.28. The molecular weight excluding hydrogens is 268 g/mol. The fraction of sp³-hybridized carbons (Fsp3) is 0.125. The third-order valence-corrected chi connectivity index (χ3v) is 3.47. The highest BCUT2D eigenvalue weighted by atomic mass is 16.4. The summed E-state index contributed by atoms with van der Waals surface area (Å²) in [6.07, 6.45) is 0.980. The normalized spacial score (nSPS) is 12.4. The molecule has 0 saturated carbocycles. The quantitative estimate of drug-likeness (QED) is 0.808. The lowest BCUT2D eigenvalue weighted by molar-refractivity contribution is 0.0696. The summed E-state index contributed by atoms with van der Waals surface area (Å²) in [7, 11) is 0. The van der Waals surface area contributed by atoms with Gasteiger partial charge in [-0.05, 0) is 48.4 Å². The van der Waals surface area contributed by atoms with Gasteiger partial charge in [-0.1, -0.05) is 6.07 Å². The molecule has 0 saturated heterocycles. The first-order valence-electron chi connectivity index (χ1n) is 6.65. The second-order valence-electron chi connectivity index (χ2n) is 4.89. The van der Waals surface area contributed by atoms with Gasteiger partial charge in [0, 0.05) is 23.5 Å². The van der Waals surface area contributed by atoms with Crippen LogP contribution in [0.25, 0.3) is 0 Å². The zero-order valence-electron chi connectivity index (χ0n) is 11.2. The molecule has 1 aliphatic rings. The number of aromatic carboxylic acids is 1. The van der Waals surface area contributed by atoms with E-state index in [1.165, 1.54) is 17.7 Å². The van der Waals surface area contributed by atoms with Crippen molar-refractivity contribution in [2.45, 2.75) is 6.42 Å². The Kier molecular flexibility index (Phi) is 3.31. The Morgan fingerprint density at radius 3 is 2.48 bits per heavy atom. The molecule has 1 aliphatic heterocycles. The Bertz CT molecular complexity index is 708. The van der Waals surface area contributed by atoms with Gasteiger partial charge in [0.1, 0.15) is 0 Å². The van der Waals surface area contributed by atoms with E-state index in [0.29, 0.717) is 11.3 Å². The van der Waals surface area contributed by atoms with Crippen LogP contribution >= 0.6 is 0 Å². The number of carbonyl (C=O) groups excluding carboxylic acids is 1. The molecule has 1 amide bonds. The van der Waals surface area contributed by atoms with Gasteiger partial charge in [-0.15, -0.1) is 0 Å². The SMILES string of the molecule is O=C(O)c1ccc(NC(=O)c2ccc3c(c2)NCC3)cc1. The van der Waals surface area contributed by atoms with Crippen LogP contribution in [-0.4, -0.2) is 23.5 Å². The molecular formula is C16H14N2O3. The average Bonchev–Trinajstić information content (AvgIpc) is 2.95. The number of fused-ring (bicyclic) bond motifs is 1. The summed E-state index contributed by atoms with van der Waals surface area (Å²) in [4.78, 5) is 22.9. The van der Waals surface area contributed by atoms with Crippen LogP contribution < -0.4 is 10.6 Å². The minimum absolute atomic E-state index is 0.190. The lowest BCUT2D eigenvalue weighted by atomic mass is 10.1. The number of carboxylic acids is 1. The number of carboxylic acid groups (broad SMARTS) is 1. The number of hydrogen-bond donors (Lipinski definition) is 3. The molecule has 1 heterocycles. The largest absolute Gasteiger partial charge is 0.478 e. The van der Waals surface area contributed by atoms with E-state index in [9.17, 15) is 9.59 Å². The van der Waals surface area contributed by atoms with Crippen LogP contribution in [0.1, 0.15) is 26.3 Å². The molecule has 106 valence electrons. The third-order valence-electron chi connectivity index (χ3n) is 3.47. The molecule has 0 atom stereocenters. The fourth-order valence-electron chi connectivity index (χ4n) is 2.33. The maximum atomic E-state index is 12.2. The van der Waals surface area contributed by atoms with Gasteiger partial charge in [-0.2, -0.15) is 0 Å². The van der Waals surface area contributed by atoms with Crippen LogP contribution in [0.15, 0.2) is 42.5 Å². The molecule has 21 heavy (non-hydrogen) atoms. The maximum absolute atomic E-state index is 12.2. The van der Waals surface area contributed by atoms with E-state index in [2.05, 4.69) is 10.6 Å². The Labute approximate surface area is 121 Å². The van der Waals surface area contributed by atoms with Gasteiger partial charge >= 0.3 is 5.97 Å². The molecule has 0 spiro atoms. The number of nitrogens with one attached hydrogen (secondary N) is 2. The lowest BCUT2D eigenvalue weighted by Gasteiger charge is -2.07. The standard InChI is InChI=1S/C16H14N2O3/c19-15(12-2-1-10-7-8-17-14(10)9-12)18-13-5-3-11(4-6-13)16(20)21/h1-6,9,17H,7-8H2,(H,18,19)(H,20,21). The third kappa shape index (κ3) is 2.72. The molecule has 3 rings (SSSR count). The van der Waals surface area contributed by atoms with Gasteiger partial charge in [-0.3, -0.25) is 4.79 Å². The number of anilines is 2. The summed E-state index contributed by atoms with van der Waals surface area (Å²) < 4.78 is 0. The van der Waals surface area contributed by atoms with Crippen molar-refractivity contribution in [2.24, 2.45) is 0 Å². The summed E-state index contributed by atoms with van der Waals surface area (Å²) in [6.45, 7) is 0.900. The van der Waals surface area contributed by atoms with Crippen molar-refractivity contribution in [3.05, 3.63) is 59.2 Å². The number of carbonyl (C=O) groups is 2. The smallest absolute Gasteiger partial charge is 0.335 e. The Morgan fingerprint density at radius 1 is 1.05 bits per heavy atom. The van der Waals surface area contributed by atoms with Gasteiger partial charge in [0.05, 0.1) is 5.56 Å². The van der Waals surface area contributed by atoms with Crippen LogP contribution in [0.2, 0.25) is 0 Å². The second-order valence-corrected chi connectivity index (χ2v) is 4.89. The van der Waals surface area contributed by atoms with Gasteiger partial charge < -0.3 is 15.7 Å². The van der Waals surface area contributed by atoms with E-state index in [1.54, 1.807) is 18.2 Å². The number of hydrogen-bond acceptors (Lipinski definition) is 3. The topological polar surface area (TPSA) is 78.4 Å². The predicted octanol–water partition coefficient (Wildman–Crippen LogP) is 2.61. The van der Waals surface area contributed by atoms with E-state index in [4.69, 9.17) is 5.11 Å². The first-order valence-corrected chi connectivity index (χ1v) is 6.65. The molecule has 0 radical (unpaired) electrons. The molecule has 0 unspecified atom stereocenters. The Morgan fingerprint density at radius 2 is 1.76 bits per heavy atom. The molecule has 5 heteroatoms. The molecule has 0 aliphatic carbocycles. The number of rotatable bonds is 3. The van der Waals surface area contributed by atoms with Crippen LogP contribution in [0.4, 0.5) is 11.4 Å². The van der Waals surface area contributed by atoms with Crippen molar-refractivity contribution in [1.82, 2.24) is 0 Å². The van der Waals surface area contributed by atoms with Crippen molar-refractivity contribution in [3.8, 4) is 0 Å². The summed E-state index contributed by atoms with van der Waals surface area (Å²) >= 11 is 0. The molecule has 0 aromatic heterocycles. The number of benzene rings is 2. The van der Waals surface area contributed by atoms with Crippen molar-refractivity contribution in [1.29, 1.82) is 0 Å². The predicted molar refractivity (Wildman–Crippen MR) is 80.0 cm³/mol. The highest BCUT2D eigenvalue weighted by molar-refractivity contribution is 6.05. The van der Waals surface area contributed by atoms with Crippen LogP contribution in [0.3, 0.4) is 0 Å². The molecule has 2 aromatic rings. The Balaban J connectivity index is 1.75. The fourth-order valence-corrected chi connectivity index (χ4v) is 2.33. The minimum atomic E-state index is -0.988. The van der Waals surface area contributed by atoms with Crippen molar-refractivity contribution < 1.29 is 14.7 Å². The average molecular weight is 282 g/mol. The van der Waals surface area contributed by atoms with E-state index < -0.39 is 5.97 Å². The van der Waals surface area contributed by atoms with E-state index in [0.717, 1.165) is 18.7 Å². The zero-order chi connectivity index (χ0) is 14.8. The zero-order valence-corrected chi connectivity index (χ0v) is 11.2. The Hall–Kier alpha value is -2.82. The van der Waals surface area contributed by atoms with Gasteiger partial charge in [0.25, 0.3) is 5.91 Å². The van der Waals surface area contributed by atoms with Crippen LogP contribution in [0.5, 0.6) is 0 Å². The monoisotopic (exact) mass is 282 g/mol. The highest BCUT2D eigenvalue weighted by Gasteiger charge is 2.13. The van der Waals surface area contributed by atoms with Crippen molar-refractivity contribution in [3.63, 3.8) is 0 Å².